The van der Waals surface area contributed by atoms with E-state index in [4.69, 9.17) is 4.74 Å². The van der Waals surface area contributed by atoms with Gasteiger partial charge in [0.05, 0.1) is 13.2 Å². The summed E-state index contributed by atoms with van der Waals surface area (Å²) in [4.78, 5) is 8.78. The zero-order valence-electron chi connectivity index (χ0n) is 12.3. The lowest BCUT2D eigenvalue weighted by molar-refractivity contribution is 0.399. The van der Waals surface area contributed by atoms with E-state index in [1.54, 1.807) is 13.3 Å². The Morgan fingerprint density at radius 3 is 2.90 bits per heavy atom. The first kappa shape index (κ1) is 14.5. The van der Waals surface area contributed by atoms with Crippen molar-refractivity contribution in [3.8, 4) is 5.75 Å². The molecule has 2 rings (SSSR count). The predicted octanol–water partition coefficient (Wildman–Crippen LogP) is 2.88. The molecule has 20 heavy (non-hydrogen) atoms. The number of nitrogens with zero attached hydrogens (tertiary/aromatic N) is 2. The Morgan fingerprint density at radius 2 is 2.20 bits per heavy atom. The first-order chi connectivity index (χ1) is 9.76. The maximum absolute atomic E-state index is 5.44. The van der Waals surface area contributed by atoms with Crippen LogP contribution in [0.25, 0.3) is 0 Å². The molecule has 2 aromatic rings. The average molecular weight is 271 g/mol. The fourth-order valence-electron chi connectivity index (χ4n) is 2.19. The van der Waals surface area contributed by atoms with Crippen LogP contribution in [0.3, 0.4) is 0 Å². The molecule has 0 bridgehead atoms. The van der Waals surface area contributed by atoms with Crippen LogP contribution in [0.1, 0.15) is 36.2 Å². The molecule has 4 heteroatoms. The van der Waals surface area contributed by atoms with Gasteiger partial charge in [0.2, 0.25) is 0 Å². The Hall–Kier alpha value is -1.94. The lowest BCUT2D eigenvalue weighted by Gasteiger charge is -2.20. The molecule has 2 heterocycles. The molecule has 0 saturated heterocycles. The summed E-state index contributed by atoms with van der Waals surface area (Å²) in [7, 11) is 1.67. The van der Waals surface area contributed by atoms with Crippen molar-refractivity contribution in [2.75, 3.05) is 13.7 Å². The van der Waals surface area contributed by atoms with Crippen molar-refractivity contribution in [3.63, 3.8) is 0 Å². The van der Waals surface area contributed by atoms with Crippen LogP contribution >= 0.6 is 0 Å². The first-order valence-corrected chi connectivity index (χ1v) is 6.90. The fraction of sp³-hybridized carbons (Fsp3) is 0.375. The third-order valence-corrected chi connectivity index (χ3v) is 3.12. The van der Waals surface area contributed by atoms with Crippen LogP contribution in [0.15, 0.2) is 36.8 Å². The molecule has 0 aliphatic rings. The number of aromatic nitrogens is 2. The highest BCUT2D eigenvalue weighted by molar-refractivity contribution is 5.36. The third kappa shape index (κ3) is 3.33. The second-order valence-electron chi connectivity index (χ2n) is 4.77. The smallest absolute Gasteiger partial charge is 0.142 e. The Labute approximate surface area is 120 Å². The number of aryl methyl sites for hydroxylation is 1. The van der Waals surface area contributed by atoms with E-state index < -0.39 is 0 Å². The molecule has 106 valence electrons. The molecule has 0 amide bonds. The molecular formula is C16H21N3O. The second kappa shape index (κ2) is 7.01. The molecule has 1 unspecified atom stereocenters. The minimum atomic E-state index is -0.00139. The summed E-state index contributed by atoms with van der Waals surface area (Å²) < 4.78 is 5.44. The van der Waals surface area contributed by atoms with E-state index in [1.807, 2.05) is 31.5 Å². The Bertz CT molecular complexity index is 557. The normalized spacial score (nSPS) is 12.2. The van der Waals surface area contributed by atoms with Gasteiger partial charge in [-0.05, 0) is 43.1 Å². The Balaban J connectivity index is 2.41. The van der Waals surface area contributed by atoms with Crippen LogP contribution < -0.4 is 10.1 Å². The number of pyridine rings is 2. The number of hydrogen-bond donors (Lipinski definition) is 1. The molecule has 1 N–H and O–H groups in total. The van der Waals surface area contributed by atoms with Crippen molar-refractivity contribution in [3.05, 3.63) is 53.6 Å². The third-order valence-electron chi connectivity index (χ3n) is 3.12. The van der Waals surface area contributed by atoms with Gasteiger partial charge in [-0.15, -0.1) is 0 Å². The predicted molar refractivity (Wildman–Crippen MR) is 79.9 cm³/mol. The molecule has 0 spiro atoms. The highest BCUT2D eigenvalue weighted by Crippen LogP contribution is 2.27. The van der Waals surface area contributed by atoms with E-state index in [9.17, 15) is 0 Å². The van der Waals surface area contributed by atoms with Crippen LogP contribution in [0.4, 0.5) is 0 Å². The molecule has 0 aliphatic carbocycles. The number of hydrogen-bond acceptors (Lipinski definition) is 4. The zero-order valence-corrected chi connectivity index (χ0v) is 12.3. The molecule has 4 nitrogen and oxygen atoms in total. The summed E-state index contributed by atoms with van der Waals surface area (Å²) in [5.41, 5.74) is 3.15. The molecule has 2 aromatic heterocycles. The number of rotatable bonds is 6. The summed E-state index contributed by atoms with van der Waals surface area (Å²) in [6.45, 7) is 5.11. The summed E-state index contributed by atoms with van der Waals surface area (Å²) >= 11 is 0. The van der Waals surface area contributed by atoms with Gasteiger partial charge >= 0.3 is 0 Å². The summed E-state index contributed by atoms with van der Waals surface area (Å²) in [6.07, 6.45) is 6.59. The highest BCUT2D eigenvalue weighted by atomic mass is 16.5. The van der Waals surface area contributed by atoms with E-state index in [0.29, 0.717) is 0 Å². The average Bonchev–Trinajstić information content (AvgIpc) is 2.48. The maximum atomic E-state index is 5.44. The largest absolute Gasteiger partial charge is 0.495 e. The van der Waals surface area contributed by atoms with E-state index >= 15 is 0 Å². The van der Waals surface area contributed by atoms with E-state index in [1.165, 1.54) is 0 Å². The lowest BCUT2D eigenvalue weighted by atomic mass is 10.0. The number of methoxy groups -OCH3 is 1. The topological polar surface area (TPSA) is 47.0 Å². The van der Waals surface area contributed by atoms with Crippen LogP contribution in [-0.2, 0) is 0 Å². The Kier molecular flexibility index (Phi) is 5.07. The first-order valence-electron chi connectivity index (χ1n) is 6.90. The Morgan fingerprint density at radius 1 is 1.35 bits per heavy atom. The van der Waals surface area contributed by atoms with Crippen molar-refractivity contribution in [2.45, 2.75) is 26.3 Å². The standard InChI is InChI=1S/C16H21N3O/c1-4-7-18-15(13-9-12(2)10-17-11-13)16-14(20-3)6-5-8-19-16/h5-6,8-11,15,18H,4,7H2,1-3H3. The van der Waals surface area contributed by atoms with Crippen molar-refractivity contribution in [1.29, 1.82) is 0 Å². The van der Waals surface area contributed by atoms with Gasteiger partial charge in [0, 0.05) is 18.6 Å². The minimum absolute atomic E-state index is 0.00139. The van der Waals surface area contributed by atoms with Crippen LogP contribution in [0.2, 0.25) is 0 Å². The van der Waals surface area contributed by atoms with Crippen LogP contribution in [0.5, 0.6) is 5.75 Å². The van der Waals surface area contributed by atoms with E-state index in [0.717, 1.165) is 35.5 Å². The van der Waals surface area contributed by atoms with Gasteiger partial charge in [-0.2, -0.15) is 0 Å². The molecule has 0 aliphatic heterocycles. The van der Waals surface area contributed by atoms with Gasteiger partial charge in [0.25, 0.3) is 0 Å². The molecule has 1 atom stereocenters. The number of nitrogens with one attached hydrogen (secondary N) is 1. The van der Waals surface area contributed by atoms with Crippen molar-refractivity contribution in [2.24, 2.45) is 0 Å². The van der Waals surface area contributed by atoms with Gasteiger partial charge in [-0.1, -0.05) is 13.0 Å². The zero-order chi connectivity index (χ0) is 14.4. The quantitative estimate of drug-likeness (QED) is 0.877. The van der Waals surface area contributed by atoms with Gasteiger partial charge < -0.3 is 10.1 Å². The van der Waals surface area contributed by atoms with Crippen LogP contribution in [-0.4, -0.2) is 23.6 Å². The van der Waals surface area contributed by atoms with Crippen LogP contribution in [0, 0.1) is 6.92 Å². The summed E-state index contributed by atoms with van der Waals surface area (Å²) in [6, 6.07) is 5.95. The highest BCUT2D eigenvalue weighted by Gasteiger charge is 2.19. The van der Waals surface area contributed by atoms with Gasteiger partial charge in [0.15, 0.2) is 0 Å². The van der Waals surface area contributed by atoms with Crippen molar-refractivity contribution >= 4 is 0 Å². The molecule has 0 aromatic carbocycles. The van der Waals surface area contributed by atoms with Crippen molar-refractivity contribution < 1.29 is 4.74 Å². The molecule has 0 fully saturated rings. The monoisotopic (exact) mass is 271 g/mol. The molecule has 0 saturated carbocycles. The molecule has 0 radical (unpaired) electrons. The maximum Gasteiger partial charge on any atom is 0.142 e. The number of ether oxygens (including phenoxy) is 1. The molecular weight excluding hydrogens is 250 g/mol. The fourth-order valence-corrected chi connectivity index (χ4v) is 2.19. The lowest BCUT2D eigenvalue weighted by Crippen LogP contribution is -2.24. The minimum Gasteiger partial charge on any atom is -0.495 e. The summed E-state index contributed by atoms with van der Waals surface area (Å²) in [5, 5.41) is 3.52. The summed E-state index contributed by atoms with van der Waals surface area (Å²) in [5.74, 6) is 0.794. The van der Waals surface area contributed by atoms with Crippen molar-refractivity contribution in [1.82, 2.24) is 15.3 Å². The van der Waals surface area contributed by atoms with Gasteiger partial charge in [-0.3, -0.25) is 9.97 Å². The van der Waals surface area contributed by atoms with E-state index in [-0.39, 0.29) is 6.04 Å². The SMILES string of the molecule is CCCNC(c1cncc(C)c1)c1ncccc1OC. The van der Waals surface area contributed by atoms with Gasteiger partial charge in [0.1, 0.15) is 11.4 Å². The van der Waals surface area contributed by atoms with E-state index in [2.05, 4.69) is 28.3 Å². The second-order valence-corrected chi connectivity index (χ2v) is 4.77. The van der Waals surface area contributed by atoms with Gasteiger partial charge in [-0.25, -0.2) is 0 Å².